The molecule has 1 N–H and O–H groups in total. The summed E-state index contributed by atoms with van der Waals surface area (Å²) in [5.41, 5.74) is 0.646. The third-order valence-corrected chi connectivity index (χ3v) is 4.95. The molecule has 0 saturated carbocycles. The van der Waals surface area contributed by atoms with Crippen molar-refractivity contribution in [3.05, 3.63) is 77.1 Å². The Labute approximate surface area is 137 Å². The minimum Gasteiger partial charge on any atom is -0.375 e. The number of alkyl halides is 3. The fourth-order valence-corrected chi connectivity index (χ4v) is 3.92. The second kappa shape index (κ2) is 5.36. The van der Waals surface area contributed by atoms with Crippen molar-refractivity contribution in [3.63, 3.8) is 0 Å². The zero-order valence-electron chi connectivity index (χ0n) is 12.6. The molecule has 0 unspecified atom stereocenters. The van der Waals surface area contributed by atoms with Crippen molar-refractivity contribution in [2.45, 2.75) is 24.6 Å². The largest absolute Gasteiger partial charge is 0.416 e. The lowest BCUT2D eigenvalue weighted by molar-refractivity contribution is -0.138. The first-order chi connectivity index (χ1) is 11.5. The summed E-state index contributed by atoms with van der Waals surface area (Å²) in [6.07, 6.45) is 0.187. The van der Waals surface area contributed by atoms with E-state index in [1.165, 1.54) is 18.2 Å². The van der Waals surface area contributed by atoms with Crippen molar-refractivity contribution in [1.82, 2.24) is 0 Å². The molecule has 2 aromatic rings. The van der Waals surface area contributed by atoms with Crippen LogP contribution in [0.2, 0.25) is 0 Å². The second-order valence-electron chi connectivity index (χ2n) is 6.26. The number of fused-ring (bicyclic) bond motifs is 3. The summed E-state index contributed by atoms with van der Waals surface area (Å²) in [4.78, 5) is 0. The van der Waals surface area contributed by atoms with Gasteiger partial charge in [-0.15, -0.1) is 0 Å². The van der Waals surface area contributed by atoms with Crippen molar-refractivity contribution < 1.29 is 17.6 Å². The van der Waals surface area contributed by atoms with E-state index >= 15 is 0 Å². The second-order valence-corrected chi connectivity index (χ2v) is 6.26. The molecule has 3 atom stereocenters. The van der Waals surface area contributed by atoms with Gasteiger partial charge < -0.3 is 5.32 Å². The maximum absolute atomic E-state index is 14.2. The van der Waals surface area contributed by atoms with Gasteiger partial charge in [-0.25, -0.2) is 4.39 Å². The lowest BCUT2D eigenvalue weighted by atomic mass is 9.76. The Hall–Kier alpha value is -2.30. The predicted molar refractivity (Wildman–Crippen MR) is 84.2 cm³/mol. The van der Waals surface area contributed by atoms with Crippen LogP contribution in [0, 0.1) is 11.7 Å². The molecule has 2 aliphatic rings. The highest BCUT2D eigenvalue weighted by Gasteiger charge is 2.42. The number of halogens is 4. The number of rotatable bonds is 1. The van der Waals surface area contributed by atoms with Gasteiger partial charge in [-0.2, -0.15) is 13.2 Å². The maximum Gasteiger partial charge on any atom is 0.416 e. The molecule has 124 valence electrons. The van der Waals surface area contributed by atoms with Crippen LogP contribution in [0.3, 0.4) is 0 Å². The number of allylic oxidation sites excluding steroid dienone is 2. The average molecular weight is 333 g/mol. The van der Waals surface area contributed by atoms with Crippen LogP contribution in [0.25, 0.3) is 0 Å². The van der Waals surface area contributed by atoms with Crippen molar-refractivity contribution in [2.24, 2.45) is 5.92 Å². The number of anilines is 1. The number of nitrogens with one attached hydrogen (secondary N) is 1. The molecule has 0 aromatic heterocycles. The molecule has 0 amide bonds. The smallest absolute Gasteiger partial charge is 0.375 e. The standard InChI is InChI=1S/C19H15F4N/c20-16-10-4-8-13-11-6-3-7-12(11)17(24-18(13)16)14-5-1-2-9-15(14)19(21,22)23/h1-6,8-12,17,24H,7H2/t11-,12+,17-/m1/s1. The third kappa shape index (κ3) is 2.30. The summed E-state index contributed by atoms with van der Waals surface area (Å²) in [5, 5.41) is 3.05. The number of hydrogen-bond acceptors (Lipinski definition) is 1. The van der Waals surface area contributed by atoms with Crippen LogP contribution >= 0.6 is 0 Å². The molecule has 0 radical (unpaired) electrons. The third-order valence-electron chi connectivity index (χ3n) is 4.95. The first-order valence-corrected chi connectivity index (χ1v) is 7.84. The molecule has 2 aromatic carbocycles. The van der Waals surface area contributed by atoms with E-state index in [-0.39, 0.29) is 17.4 Å². The highest BCUT2D eigenvalue weighted by molar-refractivity contribution is 5.61. The Morgan fingerprint density at radius 3 is 2.50 bits per heavy atom. The van der Waals surface area contributed by atoms with Crippen molar-refractivity contribution >= 4 is 5.69 Å². The summed E-state index contributed by atoms with van der Waals surface area (Å²) >= 11 is 0. The molecular weight excluding hydrogens is 318 g/mol. The molecule has 1 heterocycles. The minimum atomic E-state index is -4.44. The molecule has 1 nitrogen and oxygen atoms in total. The van der Waals surface area contributed by atoms with Gasteiger partial charge in [-0.1, -0.05) is 42.5 Å². The number of hydrogen-bond donors (Lipinski definition) is 1. The highest BCUT2D eigenvalue weighted by Crippen LogP contribution is 2.51. The zero-order chi connectivity index (χ0) is 16.9. The van der Waals surface area contributed by atoms with Crippen LogP contribution in [0.4, 0.5) is 23.2 Å². The van der Waals surface area contributed by atoms with E-state index in [0.29, 0.717) is 12.1 Å². The highest BCUT2D eigenvalue weighted by atomic mass is 19.4. The Bertz CT molecular complexity index is 809. The van der Waals surface area contributed by atoms with E-state index < -0.39 is 23.6 Å². The zero-order valence-corrected chi connectivity index (χ0v) is 12.6. The normalized spacial score (nSPS) is 25.1. The molecule has 4 rings (SSSR count). The van der Waals surface area contributed by atoms with Gasteiger partial charge in [0, 0.05) is 5.92 Å². The molecule has 24 heavy (non-hydrogen) atoms. The Morgan fingerprint density at radius 1 is 0.958 bits per heavy atom. The van der Waals surface area contributed by atoms with E-state index in [9.17, 15) is 17.6 Å². The Balaban J connectivity index is 1.85. The number of para-hydroxylation sites is 1. The first-order valence-electron chi connectivity index (χ1n) is 7.84. The molecular formula is C19H15F4N. The minimum absolute atomic E-state index is 0.0530. The van der Waals surface area contributed by atoms with Crippen LogP contribution in [0.1, 0.15) is 35.1 Å². The van der Waals surface area contributed by atoms with Gasteiger partial charge in [0.2, 0.25) is 0 Å². The van der Waals surface area contributed by atoms with Crippen LogP contribution in [0.5, 0.6) is 0 Å². The van der Waals surface area contributed by atoms with Crippen molar-refractivity contribution in [1.29, 1.82) is 0 Å². The van der Waals surface area contributed by atoms with E-state index in [1.54, 1.807) is 12.1 Å². The SMILES string of the molecule is Fc1cccc2c1N[C@@H](c1ccccc1C(F)(F)F)[C@H]1CC=C[C@@H]21. The Kier molecular flexibility index (Phi) is 3.41. The lowest BCUT2D eigenvalue weighted by Crippen LogP contribution is -2.31. The quantitative estimate of drug-likeness (QED) is 0.524. The van der Waals surface area contributed by atoms with Crippen LogP contribution in [-0.4, -0.2) is 0 Å². The van der Waals surface area contributed by atoms with Crippen LogP contribution in [0.15, 0.2) is 54.6 Å². The molecule has 0 spiro atoms. The first kappa shape index (κ1) is 15.2. The fraction of sp³-hybridized carbons (Fsp3) is 0.263. The van der Waals surface area contributed by atoms with Gasteiger partial charge in [0.15, 0.2) is 0 Å². The summed E-state index contributed by atoms with van der Waals surface area (Å²) in [7, 11) is 0. The lowest BCUT2D eigenvalue weighted by Gasteiger charge is -2.38. The maximum atomic E-state index is 14.2. The summed E-state index contributed by atoms with van der Waals surface area (Å²) in [5.74, 6) is -0.549. The molecule has 1 aliphatic heterocycles. The average Bonchev–Trinajstić information content (AvgIpc) is 3.04. The van der Waals surface area contributed by atoms with Gasteiger partial charge in [0.25, 0.3) is 0 Å². The summed E-state index contributed by atoms with van der Waals surface area (Å²) in [6.45, 7) is 0. The molecule has 5 heteroatoms. The predicted octanol–water partition coefficient (Wildman–Crippen LogP) is 5.67. The van der Waals surface area contributed by atoms with E-state index in [4.69, 9.17) is 0 Å². The summed E-state index contributed by atoms with van der Waals surface area (Å²) in [6, 6.07) is 9.79. The van der Waals surface area contributed by atoms with Crippen LogP contribution < -0.4 is 5.32 Å². The van der Waals surface area contributed by atoms with Gasteiger partial charge in [0.1, 0.15) is 5.82 Å². The van der Waals surface area contributed by atoms with Crippen molar-refractivity contribution in [3.8, 4) is 0 Å². The van der Waals surface area contributed by atoms with Gasteiger partial charge in [-0.3, -0.25) is 0 Å². The van der Waals surface area contributed by atoms with E-state index in [1.807, 2.05) is 18.2 Å². The molecule has 0 bridgehead atoms. The van der Waals surface area contributed by atoms with Crippen molar-refractivity contribution in [2.75, 3.05) is 5.32 Å². The fourth-order valence-electron chi connectivity index (χ4n) is 3.92. The molecule has 1 aliphatic carbocycles. The molecule has 0 fully saturated rings. The number of benzene rings is 2. The van der Waals surface area contributed by atoms with Gasteiger partial charge >= 0.3 is 6.18 Å². The summed E-state index contributed by atoms with van der Waals surface area (Å²) < 4.78 is 54.5. The van der Waals surface area contributed by atoms with E-state index in [0.717, 1.165) is 11.6 Å². The topological polar surface area (TPSA) is 12.0 Å². The van der Waals surface area contributed by atoms with Crippen LogP contribution in [-0.2, 0) is 6.18 Å². The monoisotopic (exact) mass is 333 g/mol. The van der Waals surface area contributed by atoms with Gasteiger partial charge in [-0.05, 0) is 35.6 Å². The molecule has 0 saturated heterocycles. The van der Waals surface area contributed by atoms with E-state index in [2.05, 4.69) is 5.32 Å². The Morgan fingerprint density at radius 2 is 1.71 bits per heavy atom. The van der Waals surface area contributed by atoms with Gasteiger partial charge in [0.05, 0.1) is 17.3 Å².